The summed E-state index contributed by atoms with van der Waals surface area (Å²) >= 11 is 1.44. The zero-order chi connectivity index (χ0) is 14.7. The van der Waals surface area contributed by atoms with Gasteiger partial charge in [-0.2, -0.15) is 15.7 Å². The molecule has 0 radical (unpaired) electrons. The zero-order valence-corrected chi connectivity index (χ0v) is 10.7. The van der Waals surface area contributed by atoms with Gasteiger partial charge in [0.25, 0.3) is 5.91 Å². The van der Waals surface area contributed by atoms with Gasteiger partial charge in [-0.3, -0.25) is 14.9 Å². The SMILES string of the molecule is O=C(NCc1ccsc1)c1cc(F)c([N+](=O)[O-])cc1F. The molecule has 0 fully saturated rings. The molecule has 8 heteroatoms. The summed E-state index contributed by atoms with van der Waals surface area (Å²) in [6.07, 6.45) is 0. The number of nitrogens with zero attached hydrogens (tertiary/aromatic N) is 1. The van der Waals surface area contributed by atoms with Crippen LogP contribution in [0.2, 0.25) is 0 Å². The Morgan fingerprint density at radius 1 is 1.35 bits per heavy atom. The number of benzene rings is 1. The third-order valence-corrected chi connectivity index (χ3v) is 3.24. The van der Waals surface area contributed by atoms with Gasteiger partial charge in [0.15, 0.2) is 0 Å². The average Bonchev–Trinajstić information content (AvgIpc) is 2.91. The lowest BCUT2D eigenvalue weighted by Gasteiger charge is -2.05. The average molecular weight is 298 g/mol. The number of nitrogens with one attached hydrogen (secondary N) is 1. The smallest absolute Gasteiger partial charge is 0.307 e. The lowest BCUT2D eigenvalue weighted by molar-refractivity contribution is -0.387. The molecule has 0 saturated carbocycles. The predicted molar refractivity (Wildman–Crippen MR) is 68.5 cm³/mol. The van der Waals surface area contributed by atoms with Gasteiger partial charge in [-0.1, -0.05) is 0 Å². The van der Waals surface area contributed by atoms with Crippen molar-refractivity contribution in [3.8, 4) is 0 Å². The first-order chi connectivity index (χ1) is 9.49. The molecule has 0 saturated heterocycles. The summed E-state index contributed by atoms with van der Waals surface area (Å²) in [5, 5.41) is 16.5. The van der Waals surface area contributed by atoms with E-state index in [1.807, 2.05) is 5.38 Å². The third-order valence-electron chi connectivity index (χ3n) is 2.51. The number of thiophene rings is 1. The molecule has 1 N–H and O–H groups in total. The molecule has 0 unspecified atom stereocenters. The van der Waals surface area contributed by atoms with Crippen LogP contribution in [-0.2, 0) is 6.54 Å². The maximum absolute atomic E-state index is 13.6. The number of carbonyl (C=O) groups is 1. The number of hydrogen-bond donors (Lipinski definition) is 1. The first-order valence-electron chi connectivity index (χ1n) is 5.41. The molecule has 2 rings (SSSR count). The summed E-state index contributed by atoms with van der Waals surface area (Å²) in [6.45, 7) is 0.167. The van der Waals surface area contributed by atoms with E-state index >= 15 is 0 Å². The van der Waals surface area contributed by atoms with Gasteiger partial charge in [0.1, 0.15) is 5.82 Å². The lowest BCUT2D eigenvalue weighted by atomic mass is 10.1. The van der Waals surface area contributed by atoms with E-state index in [4.69, 9.17) is 0 Å². The fourth-order valence-corrected chi connectivity index (χ4v) is 2.19. The Morgan fingerprint density at radius 3 is 2.70 bits per heavy atom. The molecule has 2 aromatic rings. The van der Waals surface area contributed by atoms with Gasteiger partial charge in [-0.25, -0.2) is 4.39 Å². The molecule has 0 aliphatic rings. The van der Waals surface area contributed by atoms with Crippen molar-refractivity contribution in [2.75, 3.05) is 0 Å². The second kappa shape index (κ2) is 5.74. The molecule has 0 aliphatic carbocycles. The summed E-state index contributed by atoms with van der Waals surface area (Å²) in [6, 6.07) is 2.70. The predicted octanol–water partition coefficient (Wildman–Crippen LogP) is 2.86. The molecule has 0 bridgehead atoms. The number of halogens is 2. The topological polar surface area (TPSA) is 72.2 Å². The van der Waals surface area contributed by atoms with Gasteiger partial charge in [0.2, 0.25) is 5.82 Å². The zero-order valence-electron chi connectivity index (χ0n) is 9.93. The minimum atomic E-state index is -1.25. The highest BCUT2D eigenvalue weighted by atomic mass is 32.1. The second-order valence-electron chi connectivity index (χ2n) is 3.85. The van der Waals surface area contributed by atoms with Crippen LogP contribution < -0.4 is 5.32 Å². The van der Waals surface area contributed by atoms with E-state index in [9.17, 15) is 23.7 Å². The Labute approximate surface area is 116 Å². The fraction of sp³-hybridized carbons (Fsp3) is 0.0833. The number of rotatable bonds is 4. The maximum Gasteiger partial charge on any atom is 0.307 e. The first-order valence-corrected chi connectivity index (χ1v) is 6.36. The Balaban J connectivity index is 2.17. The van der Waals surface area contributed by atoms with Gasteiger partial charge in [0.05, 0.1) is 16.6 Å². The summed E-state index contributed by atoms with van der Waals surface area (Å²) in [4.78, 5) is 21.1. The number of nitro benzene ring substituents is 1. The fourth-order valence-electron chi connectivity index (χ4n) is 1.52. The monoisotopic (exact) mass is 298 g/mol. The van der Waals surface area contributed by atoms with Crippen LogP contribution in [0.1, 0.15) is 15.9 Å². The quantitative estimate of drug-likeness (QED) is 0.697. The largest absolute Gasteiger partial charge is 0.348 e. The second-order valence-corrected chi connectivity index (χ2v) is 4.63. The third kappa shape index (κ3) is 2.97. The number of hydrogen-bond acceptors (Lipinski definition) is 4. The van der Waals surface area contributed by atoms with Crippen molar-refractivity contribution in [2.24, 2.45) is 0 Å². The number of carbonyl (C=O) groups excluding carboxylic acids is 1. The highest BCUT2D eigenvalue weighted by Gasteiger charge is 2.21. The van der Waals surface area contributed by atoms with Crippen LogP contribution in [0.4, 0.5) is 14.5 Å². The molecule has 1 amide bonds. The van der Waals surface area contributed by atoms with Gasteiger partial charge in [-0.05, 0) is 28.5 Å². The van der Waals surface area contributed by atoms with Crippen molar-refractivity contribution >= 4 is 22.9 Å². The highest BCUT2D eigenvalue weighted by Crippen LogP contribution is 2.21. The standard InChI is InChI=1S/C12H8F2N2O3S/c13-9-4-11(16(18)19)10(14)3-8(9)12(17)15-5-7-1-2-20-6-7/h1-4,6H,5H2,(H,15,17). The van der Waals surface area contributed by atoms with E-state index in [1.165, 1.54) is 11.3 Å². The van der Waals surface area contributed by atoms with Gasteiger partial charge in [-0.15, -0.1) is 0 Å². The molecule has 1 aromatic carbocycles. The minimum absolute atomic E-state index is 0.167. The van der Waals surface area contributed by atoms with Crippen LogP contribution in [0, 0.1) is 21.7 Å². The van der Waals surface area contributed by atoms with Gasteiger partial charge in [0, 0.05) is 6.54 Å². The molecule has 0 aliphatic heterocycles. The Kier molecular flexibility index (Phi) is 4.04. The van der Waals surface area contributed by atoms with E-state index in [0.29, 0.717) is 12.1 Å². The van der Waals surface area contributed by atoms with E-state index < -0.39 is 33.7 Å². The van der Waals surface area contributed by atoms with Crippen molar-refractivity contribution in [3.05, 3.63) is 61.8 Å². The molecule has 1 aromatic heterocycles. The van der Waals surface area contributed by atoms with Crippen LogP contribution in [0.25, 0.3) is 0 Å². The summed E-state index contributed by atoms with van der Waals surface area (Å²) in [5.41, 5.74) is -0.744. The van der Waals surface area contributed by atoms with E-state index in [0.717, 1.165) is 5.56 Å². The highest BCUT2D eigenvalue weighted by molar-refractivity contribution is 7.07. The van der Waals surface area contributed by atoms with Crippen LogP contribution >= 0.6 is 11.3 Å². The minimum Gasteiger partial charge on any atom is -0.348 e. The van der Waals surface area contributed by atoms with Crippen molar-refractivity contribution in [2.45, 2.75) is 6.54 Å². The van der Waals surface area contributed by atoms with Crippen LogP contribution in [0.5, 0.6) is 0 Å². The van der Waals surface area contributed by atoms with Gasteiger partial charge >= 0.3 is 5.69 Å². The van der Waals surface area contributed by atoms with Crippen molar-refractivity contribution in [1.82, 2.24) is 5.32 Å². The van der Waals surface area contributed by atoms with Crippen molar-refractivity contribution in [3.63, 3.8) is 0 Å². The molecule has 0 atom stereocenters. The molecule has 1 heterocycles. The molecule has 104 valence electrons. The summed E-state index contributed by atoms with van der Waals surface area (Å²) in [7, 11) is 0. The number of amides is 1. The molecule has 20 heavy (non-hydrogen) atoms. The van der Waals surface area contributed by atoms with E-state index in [1.54, 1.807) is 11.4 Å². The molecule has 0 spiro atoms. The van der Waals surface area contributed by atoms with Crippen LogP contribution in [-0.4, -0.2) is 10.8 Å². The lowest BCUT2D eigenvalue weighted by Crippen LogP contribution is -2.24. The summed E-state index contributed by atoms with van der Waals surface area (Å²) in [5.74, 6) is -3.22. The van der Waals surface area contributed by atoms with Crippen LogP contribution in [0.15, 0.2) is 29.0 Å². The Hall–Kier alpha value is -2.35. The molecular weight excluding hydrogens is 290 g/mol. The Morgan fingerprint density at radius 2 is 2.10 bits per heavy atom. The molecule has 5 nitrogen and oxygen atoms in total. The van der Waals surface area contributed by atoms with Crippen LogP contribution in [0.3, 0.4) is 0 Å². The maximum atomic E-state index is 13.6. The number of nitro groups is 1. The van der Waals surface area contributed by atoms with Crippen molar-refractivity contribution in [1.29, 1.82) is 0 Å². The Bertz CT molecular complexity index is 659. The molecular formula is C12H8F2N2O3S. The van der Waals surface area contributed by atoms with Crippen molar-refractivity contribution < 1.29 is 18.5 Å². The van der Waals surface area contributed by atoms with E-state index in [-0.39, 0.29) is 6.54 Å². The van der Waals surface area contributed by atoms with Gasteiger partial charge < -0.3 is 5.32 Å². The summed E-state index contributed by atoms with van der Waals surface area (Å²) < 4.78 is 26.9. The van der Waals surface area contributed by atoms with E-state index in [2.05, 4.69) is 5.32 Å². The normalized spacial score (nSPS) is 10.3. The first kappa shape index (κ1) is 14.1.